The Morgan fingerprint density at radius 1 is 1.44 bits per heavy atom. The molecule has 2 rings (SSSR count). The van der Waals surface area contributed by atoms with Gasteiger partial charge in [0.1, 0.15) is 18.4 Å². The van der Waals surface area contributed by atoms with E-state index in [1.807, 2.05) is 13.8 Å². The van der Waals surface area contributed by atoms with Gasteiger partial charge in [0.15, 0.2) is 11.5 Å². The highest BCUT2D eigenvalue weighted by Gasteiger charge is 2.17. The van der Waals surface area contributed by atoms with Gasteiger partial charge in [0, 0.05) is 6.54 Å². The van der Waals surface area contributed by atoms with Crippen LogP contribution in [0.25, 0.3) is 11.2 Å². The summed E-state index contributed by atoms with van der Waals surface area (Å²) >= 11 is 0. The minimum absolute atomic E-state index is 0.0939. The molecule has 0 radical (unpaired) electrons. The first-order valence-corrected chi connectivity index (χ1v) is 5.68. The summed E-state index contributed by atoms with van der Waals surface area (Å²) in [6.45, 7) is 4.57. The Morgan fingerprint density at radius 2 is 2.22 bits per heavy atom. The molecular formula is C11H15N5O2. The number of nitrogens with one attached hydrogen (secondary N) is 1. The van der Waals surface area contributed by atoms with Gasteiger partial charge in [-0.3, -0.25) is 4.79 Å². The van der Waals surface area contributed by atoms with E-state index in [1.165, 1.54) is 12.7 Å². The van der Waals surface area contributed by atoms with Crippen LogP contribution < -0.4 is 4.90 Å². The normalized spacial score (nSPS) is 11.1. The van der Waals surface area contributed by atoms with E-state index in [-0.39, 0.29) is 6.54 Å². The fourth-order valence-corrected chi connectivity index (χ4v) is 1.82. The van der Waals surface area contributed by atoms with Gasteiger partial charge in [-0.2, -0.15) is 0 Å². The van der Waals surface area contributed by atoms with Crippen LogP contribution in [0.15, 0.2) is 12.7 Å². The van der Waals surface area contributed by atoms with Crippen molar-refractivity contribution >= 4 is 23.0 Å². The third-order valence-electron chi connectivity index (χ3n) is 2.41. The Balaban J connectivity index is 2.39. The number of hydrogen-bond donors (Lipinski definition) is 2. The lowest BCUT2D eigenvalue weighted by atomic mass is 10.2. The number of hydrogen-bond acceptors (Lipinski definition) is 5. The number of carbonyl (C=O) groups is 1. The predicted molar refractivity (Wildman–Crippen MR) is 66.4 cm³/mol. The molecule has 0 aliphatic rings. The number of nitrogens with zero attached hydrogens (tertiary/aromatic N) is 4. The van der Waals surface area contributed by atoms with Gasteiger partial charge in [0.2, 0.25) is 0 Å². The Kier molecular flexibility index (Phi) is 3.40. The molecule has 0 bridgehead atoms. The van der Waals surface area contributed by atoms with Crippen LogP contribution in [-0.2, 0) is 4.79 Å². The zero-order valence-corrected chi connectivity index (χ0v) is 10.3. The summed E-state index contributed by atoms with van der Waals surface area (Å²) in [5.74, 6) is 0.0211. The lowest BCUT2D eigenvalue weighted by Gasteiger charge is -2.23. The predicted octanol–water partition coefficient (Wildman–Crippen LogP) is 0.900. The lowest BCUT2D eigenvalue weighted by Crippen LogP contribution is -2.33. The highest BCUT2D eigenvalue weighted by atomic mass is 16.4. The van der Waals surface area contributed by atoms with Crippen molar-refractivity contribution in [1.82, 2.24) is 19.9 Å². The van der Waals surface area contributed by atoms with Crippen molar-refractivity contribution in [2.75, 3.05) is 18.0 Å². The van der Waals surface area contributed by atoms with Crippen molar-refractivity contribution in [2.24, 2.45) is 5.92 Å². The summed E-state index contributed by atoms with van der Waals surface area (Å²) < 4.78 is 0. The third kappa shape index (κ3) is 2.55. The summed E-state index contributed by atoms with van der Waals surface area (Å²) in [6.07, 6.45) is 2.92. The van der Waals surface area contributed by atoms with Crippen LogP contribution in [0.3, 0.4) is 0 Å². The molecule has 0 aromatic carbocycles. The molecule has 0 amide bonds. The van der Waals surface area contributed by atoms with Gasteiger partial charge in [-0.05, 0) is 5.92 Å². The van der Waals surface area contributed by atoms with Crippen LogP contribution in [0.4, 0.5) is 5.82 Å². The number of fused-ring (bicyclic) bond motifs is 1. The first-order chi connectivity index (χ1) is 8.58. The maximum atomic E-state index is 10.9. The van der Waals surface area contributed by atoms with E-state index in [0.29, 0.717) is 29.4 Å². The number of anilines is 1. The van der Waals surface area contributed by atoms with Gasteiger partial charge in [0.05, 0.1) is 6.33 Å². The minimum Gasteiger partial charge on any atom is -0.480 e. The SMILES string of the molecule is CC(C)CN(CC(=O)O)c1ncnc2nc[nH]c12. The van der Waals surface area contributed by atoms with E-state index in [9.17, 15) is 4.79 Å². The number of aromatic amines is 1. The fraction of sp³-hybridized carbons (Fsp3) is 0.455. The van der Waals surface area contributed by atoms with Crippen LogP contribution in [0, 0.1) is 5.92 Å². The fourth-order valence-electron chi connectivity index (χ4n) is 1.82. The van der Waals surface area contributed by atoms with E-state index >= 15 is 0 Å². The van der Waals surface area contributed by atoms with E-state index in [2.05, 4.69) is 19.9 Å². The van der Waals surface area contributed by atoms with Crippen molar-refractivity contribution in [3.63, 3.8) is 0 Å². The van der Waals surface area contributed by atoms with Crippen LogP contribution in [-0.4, -0.2) is 44.1 Å². The third-order valence-corrected chi connectivity index (χ3v) is 2.41. The largest absolute Gasteiger partial charge is 0.480 e. The molecule has 0 atom stereocenters. The molecule has 0 saturated carbocycles. The Hall–Kier alpha value is -2.18. The number of carboxylic acids is 1. The molecule has 0 saturated heterocycles. The number of aliphatic carboxylic acids is 1. The molecule has 18 heavy (non-hydrogen) atoms. The van der Waals surface area contributed by atoms with Crippen molar-refractivity contribution in [3.05, 3.63) is 12.7 Å². The highest BCUT2D eigenvalue weighted by Crippen LogP contribution is 2.20. The number of H-pyrrole nitrogens is 1. The summed E-state index contributed by atoms with van der Waals surface area (Å²) in [4.78, 5) is 27.8. The number of imidazole rings is 1. The van der Waals surface area contributed by atoms with Crippen molar-refractivity contribution < 1.29 is 9.90 Å². The summed E-state index contributed by atoms with van der Waals surface area (Å²) in [7, 11) is 0. The maximum Gasteiger partial charge on any atom is 0.323 e. The topological polar surface area (TPSA) is 95.0 Å². The molecule has 96 valence electrons. The maximum absolute atomic E-state index is 10.9. The van der Waals surface area contributed by atoms with Crippen LogP contribution in [0.1, 0.15) is 13.8 Å². The molecule has 0 spiro atoms. The smallest absolute Gasteiger partial charge is 0.323 e. The van der Waals surface area contributed by atoms with E-state index in [0.717, 1.165) is 0 Å². The second kappa shape index (κ2) is 4.99. The van der Waals surface area contributed by atoms with Crippen molar-refractivity contribution in [1.29, 1.82) is 0 Å². The van der Waals surface area contributed by atoms with Gasteiger partial charge >= 0.3 is 5.97 Å². The first-order valence-electron chi connectivity index (χ1n) is 5.68. The average molecular weight is 249 g/mol. The minimum atomic E-state index is -0.887. The van der Waals surface area contributed by atoms with Crippen LogP contribution in [0.5, 0.6) is 0 Å². The highest BCUT2D eigenvalue weighted by molar-refractivity contribution is 5.85. The van der Waals surface area contributed by atoms with E-state index < -0.39 is 5.97 Å². The van der Waals surface area contributed by atoms with Crippen molar-refractivity contribution in [3.8, 4) is 0 Å². The van der Waals surface area contributed by atoms with E-state index in [4.69, 9.17) is 5.11 Å². The molecule has 2 heterocycles. The Morgan fingerprint density at radius 3 is 2.89 bits per heavy atom. The van der Waals surface area contributed by atoms with Gasteiger partial charge in [-0.1, -0.05) is 13.8 Å². The zero-order valence-electron chi connectivity index (χ0n) is 10.3. The monoisotopic (exact) mass is 249 g/mol. The zero-order chi connectivity index (χ0) is 13.1. The van der Waals surface area contributed by atoms with Gasteiger partial charge in [-0.25, -0.2) is 15.0 Å². The quantitative estimate of drug-likeness (QED) is 0.817. The number of carboxylic acid groups (broad SMARTS) is 1. The molecule has 7 heteroatoms. The van der Waals surface area contributed by atoms with Gasteiger partial charge < -0.3 is 15.0 Å². The summed E-state index contributed by atoms with van der Waals surface area (Å²) in [5, 5.41) is 8.97. The summed E-state index contributed by atoms with van der Waals surface area (Å²) in [5.41, 5.74) is 1.21. The second-order valence-corrected chi connectivity index (χ2v) is 4.47. The van der Waals surface area contributed by atoms with Crippen molar-refractivity contribution in [2.45, 2.75) is 13.8 Å². The Bertz CT molecular complexity index is 551. The number of rotatable bonds is 5. The standard InChI is InChI=1S/C11H15N5O2/c1-7(2)3-16(4-8(17)18)11-9-10(13-5-12-9)14-6-15-11/h5-7H,3-4H2,1-2H3,(H,17,18)(H,12,13,14,15). The molecule has 2 aromatic heterocycles. The lowest BCUT2D eigenvalue weighted by molar-refractivity contribution is -0.135. The molecule has 0 aliphatic carbocycles. The van der Waals surface area contributed by atoms with E-state index in [1.54, 1.807) is 4.90 Å². The number of aromatic nitrogens is 4. The van der Waals surface area contributed by atoms with Gasteiger partial charge in [0.25, 0.3) is 0 Å². The average Bonchev–Trinajstić information content (AvgIpc) is 2.74. The molecule has 0 unspecified atom stereocenters. The molecule has 2 N–H and O–H groups in total. The molecule has 7 nitrogen and oxygen atoms in total. The van der Waals surface area contributed by atoms with Crippen LogP contribution in [0.2, 0.25) is 0 Å². The van der Waals surface area contributed by atoms with Crippen LogP contribution >= 0.6 is 0 Å². The molecule has 2 aromatic rings. The second-order valence-electron chi connectivity index (χ2n) is 4.47. The Labute approximate surface area is 104 Å². The van der Waals surface area contributed by atoms with Gasteiger partial charge in [-0.15, -0.1) is 0 Å². The molecule has 0 fully saturated rings. The molecule has 0 aliphatic heterocycles. The first kappa shape index (κ1) is 12.3. The summed E-state index contributed by atoms with van der Waals surface area (Å²) in [6, 6.07) is 0. The molecular weight excluding hydrogens is 234 g/mol.